The Morgan fingerprint density at radius 3 is 2.65 bits per heavy atom. The molecule has 0 bridgehead atoms. The lowest BCUT2D eigenvalue weighted by molar-refractivity contribution is -0.384. The Hall–Kier alpha value is -2.08. The summed E-state index contributed by atoms with van der Waals surface area (Å²) in [6.45, 7) is 4.12. The van der Waals surface area contributed by atoms with Crippen LogP contribution in [-0.4, -0.2) is 10.0 Å². The number of hydrogen-bond acceptors (Lipinski definition) is 5. The molecule has 1 heterocycles. The molecule has 2 rings (SSSR count). The number of thiophene rings is 1. The van der Waals surface area contributed by atoms with E-state index < -0.39 is 4.92 Å². The minimum atomic E-state index is -0.492. The SMILES string of the molecule is CC(C)C(Nc1ccc(O)cc1[N+](=O)[O-])c1cccs1. The summed E-state index contributed by atoms with van der Waals surface area (Å²) in [5, 5.41) is 25.7. The third kappa shape index (κ3) is 3.08. The van der Waals surface area contributed by atoms with E-state index in [2.05, 4.69) is 19.2 Å². The molecule has 0 aliphatic rings. The number of anilines is 1. The first-order valence-electron chi connectivity index (χ1n) is 6.26. The Morgan fingerprint density at radius 2 is 2.10 bits per heavy atom. The summed E-state index contributed by atoms with van der Waals surface area (Å²) >= 11 is 1.61. The summed E-state index contributed by atoms with van der Waals surface area (Å²) in [4.78, 5) is 11.7. The predicted octanol–water partition coefficient (Wildman–Crippen LogP) is 4.17. The zero-order valence-electron chi connectivity index (χ0n) is 11.2. The Balaban J connectivity index is 2.34. The summed E-state index contributed by atoms with van der Waals surface area (Å²) in [6.07, 6.45) is 0. The number of nitro groups is 1. The van der Waals surface area contributed by atoms with E-state index in [1.807, 2.05) is 17.5 Å². The molecule has 20 heavy (non-hydrogen) atoms. The largest absolute Gasteiger partial charge is 0.508 e. The number of aromatic hydroxyl groups is 1. The molecule has 106 valence electrons. The number of nitro benzene ring substituents is 1. The van der Waals surface area contributed by atoms with Gasteiger partial charge in [0.1, 0.15) is 11.4 Å². The highest BCUT2D eigenvalue weighted by Crippen LogP contribution is 2.35. The summed E-state index contributed by atoms with van der Waals surface area (Å²) in [5.74, 6) is 0.168. The Kier molecular flexibility index (Phi) is 4.24. The molecule has 0 amide bonds. The maximum atomic E-state index is 11.1. The minimum Gasteiger partial charge on any atom is -0.508 e. The first-order chi connectivity index (χ1) is 9.49. The van der Waals surface area contributed by atoms with Crippen molar-refractivity contribution in [2.45, 2.75) is 19.9 Å². The number of nitrogens with one attached hydrogen (secondary N) is 1. The Labute approximate surface area is 121 Å². The molecule has 2 N–H and O–H groups in total. The van der Waals surface area contributed by atoms with Gasteiger partial charge in [-0.15, -0.1) is 11.3 Å². The predicted molar refractivity (Wildman–Crippen MR) is 80.3 cm³/mol. The second-order valence-electron chi connectivity index (χ2n) is 4.84. The van der Waals surface area contributed by atoms with Crippen molar-refractivity contribution >= 4 is 22.7 Å². The third-order valence-corrected chi connectivity index (χ3v) is 3.96. The smallest absolute Gasteiger partial charge is 0.296 e. The van der Waals surface area contributed by atoms with Crippen LogP contribution >= 0.6 is 11.3 Å². The minimum absolute atomic E-state index is 0.00163. The van der Waals surface area contributed by atoms with E-state index in [0.717, 1.165) is 10.9 Å². The van der Waals surface area contributed by atoms with Gasteiger partial charge in [0.2, 0.25) is 0 Å². The summed E-state index contributed by atoms with van der Waals surface area (Å²) in [7, 11) is 0. The zero-order chi connectivity index (χ0) is 14.7. The van der Waals surface area contributed by atoms with Crippen LogP contribution in [0.3, 0.4) is 0 Å². The molecule has 6 heteroatoms. The van der Waals surface area contributed by atoms with Gasteiger partial charge >= 0.3 is 0 Å². The van der Waals surface area contributed by atoms with Crippen molar-refractivity contribution in [1.82, 2.24) is 0 Å². The molecule has 5 nitrogen and oxygen atoms in total. The molecule has 1 unspecified atom stereocenters. The fourth-order valence-corrected chi connectivity index (χ4v) is 2.94. The average Bonchev–Trinajstić information content (AvgIpc) is 2.90. The third-order valence-electron chi connectivity index (χ3n) is 3.01. The molecular formula is C14H16N2O3S. The highest BCUT2D eigenvalue weighted by atomic mass is 32.1. The summed E-state index contributed by atoms with van der Waals surface area (Å²) in [6, 6.07) is 8.11. The van der Waals surface area contributed by atoms with Gasteiger partial charge in [0.05, 0.1) is 17.0 Å². The number of benzene rings is 1. The molecule has 0 aliphatic heterocycles. The van der Waals surface area contributed by atoms with Gasteiger partial charge < -0.3 is 10.4 Å². The van der Waals surface area contributed by atoms with Crippen molar-refractivity contribution < 1.29 is 10.0 Å². The molecule has 0 radical (unpaired) electrons. The summed E-state index contributed by atoms with van der Waals surface area (Å²) in [5.41, 5.74) is 0.298. The second kappa shape index (κ2) is 5.92. The lowest BCUT2D eigenvalue weighted by Crippen LogP contribution is -2.16. The van der Waals surface area contributed by atoms with Crippen molar-refractivity contribution in [1.29, 1.82) is 0 Å². The molecule has 0 aliphatic carbocycles. The summed E-state index contributed by atoms with van der Waals surface area (Å²) < 4.78 is 0. The van der Waals surface area contributed by atoms with E-state index in [0.29, 0.717) is 5.69 Å². The maximum Gasteiger partial charge on any atom is 0.296 e. The van der Waals surface area contributed by atoms with Crippen LogP contribution in [0, 0.1) is 16.0 Å². The van der Waals surface area contributed by atoms with Crippen molar-refractivity contribution in [3.63, 3.8) is 0 Å². The van der Waals surface area contributed by atoms with E-state index in [1.54, 1.807) is 11.3 Å². The van der Waals surface area contributed by atoms with Gasteiger partial charge in [-0.1, -0.05) is 19.9 Å². The monoisotopic (exact) mass is 292 g/mol. The second-order valence-corrected chi connectivity index (χ2v) is 5.82. The molecule has 0 spiro atoms. The van der Waals surface area contributed by atoms with Crippen LogP contribution in [0.25, 0.3) is 0 Å². The number of hydrogen-bond donors (Lipinski definition) is 2. The van der Waals surface area contributed by atoms with Crippen molar-refractivity contribution in [2.75, 3.05) is 5.32 Å². The normalized spacial score (nSPS) is 12.3. The lowest BCUT2D eigenvalue weighted by atomic mass is 10.0. The van der Waals surface area contributed by atoms with Crippen LogP contribution in [-0.2, 0) is 0 Å². The highest BCUT2D eigenvalue weighted by Gasteiger charge is 2.21. The van der Waals surface area contributed by atoms with Crippen LogP contribution in [0.1, 0.15) is 24.8 Å². The van der Waals surface area contributed by atoms with Gasteiger partial charge in [-0.2, -0.15) is 0 Å². The molecule has 0 saturated heterocycles. The van der Waals surface area contributed by atoms with E-state index >= 15 is 0 Å². The first-order valence-corrected chi connectivity index (χ1v) is 7.14. The van der Waals surface area contributed by atoms with Gasteiger partial charge in [0.15, 0.2) is 0 Å². The van der Waals surface area contributed by atoms with Gasteiger partial charge in [0.25, 0.3) is 5.69 Å². The van der Waals surface area contributed by atoms with E-state index in [4.69, 9.17) is 0 Å². The fourth-order valence-electron chi connectivity index (χ4n) is 2.00. The van der Waals surface area contributed by atoms with Crippen molar-refractivity contribution in [2.24, 2.45) is 5.92 Å². The molecule has 2 aromatic rings. The lowest BCUT2D eigenvalue weighted by Gasteiger charge is -2.22. The van der Waals surface area contributed by atoms with E-state index in [9.17, 15) is 15.2 Å². The first kappa shape index (κ1) is 14.3. The molecule has 0 saturated carbocycles. The van der Waals surface area contributed by atoms with Crippen molar-refractivity contribution in [3.05, 3.63) is 50.7 Å². The number of phenolic OH excluding ortho intramolecular Hbond substituents is 1. The molecule has 1 atom stereocenters. The Morgan fingerprint density at radius 1 is 1.35 bits per heavy atom. The molecular weight excluding hydrogens is 276 g/mol. The van der Waals surface area contributed by atoms with Crippen LogP contribution < -0.4 is 5.32 Å². The van der Waals surface area contributed by atoms with E-state index in [1.165, 1.54) is 12.1 Å². The zero-order valence-corrected chi connectivity index (χ0v) is 12.1. The van der Waals surface area contributed by atoms with Gasteiger partial charge in [-0.3, -0.25) is 10.1 Å². The van der Waals surface area contributed by atoms with Gasteiger partial charge in [0, 0.05) is 4.88 Å². The van der Waals surface area contributed by atoms with Crippen LogP contribution in [0.2, 0.25) is 0 Å². The van der Waals surface area contributed by atoms with Crippen molar-refractivity contribution in [3.8, 4) is 5.75 Å². The highest BCUT2D eigenvalue weighted by molar-refractivity contribution is 7.10. The number of phenols is 1. The fraction of sp³-hybridized carbons (Fsp3) is 0.286. The maximum absolute atomic E-state index is 11.1. The number of rotatable bonds is 5. The quantitative estimate of drug-likeness (QED) is 0.492. The Bertz CT molecular complexity index is 596. The van der Waals surface area contributed by atoms with E-state index in [-0.39, 0.29) is 23.4 Å². The molecule has 0 fully saturated rings. The van der Waals surface area contributed by atoms with Crippen LogP contribution in [0.4, 0.5) is 11.4 Å². The topological polar surface area (TPSA) is 75.4 Å². The van der Waals surface area contributed by atoms with Gasteiger partial charge in [-0.05, 0) is 29.5 Å². The number of nitrogens with zero attached hydrogens (tertiary/aromatic N) is 1. The van der Waals surface area contributed by atoms with Crippen LogP contribution in [0.5, 0.6) is 5.75 Å². The van der Waals surface area contributed by atoms with Crippen LogP contribution in [0.15, 0.2) is 35.7 Å². The van der Waals surface area contributed by atoms with Gasteiger partial charge in [-0.25, -0.2) is 0 Å². The standard InChI is InChI=1S/C14H16N2O3S/c1-9(2)14(13-4-3-7-20-13)15-11-6-5-10(17)8-12(11)16(18)19/h3-9,14-15,17H,1-2H3. The molecule has 1 aromatic heterocycles. The average molecular weight is 292 g/mol. The molecule has 1 aromatic carbocycles.